The van der Waals surface area contributed by atoms with Gasteiger partial charge in [0.15, 0.2) is 0 Å². The predicted molar refractivity (Wildman–Crippen MR) is 75.8 cm³/mol. The molecule has 1 heteroatoms. The number of Topliss-reactive ketones (excluding diaryl/α,β-unsaturated/α-hetero) is 1. The molecule has 0 radical (unpaired) electrons. The van der Waals surface area contributed by atoms with Gasteiger partial charge in [-0.15, -0.1) is 0 Å². The van der Waals surface area contributed by atoms with E-state index in [9.17, 15) is 4.79 Å². The molecule has 1 aliphatic rings. The molecular formula is C17H24O. The molecule has 2 rings (SSSR count). The Morgan fingerprint density at radius 1 is 1.06 bits per heavy atom. The Morgan fingerprint density at radius 3 is 2.17 bits per heavy atom. The lowest BCUT2D eigenvalue weighted by atomic mass is 9.89. The molecule has 1 saturated carbocycles. The third kappa shape index (κ3) is 3.22. The number of benzene rings is 1. The van der Waals surface area contributed by atoms with Crippen molar-refractivity contribution in [2.45, 2.75) is 58.8 Å². The fraction of sp³-hybridized carbons (Fsp3) is 0.588. The first-order valence-corrected chi connectivity index (χ1v) is 7.26. The van der Waals surface area contributed by atoms with Gasteiger partial charge in [-0.1, -0.05) is 43.9 Å². The predicted octanol–water partition coefficient (Wildman–Crippen LogP) is 4.39. The van der Waals surface area contributed by atoms with Crippen molar-refractivity contribution in [3.8, 4) is 0 Å². The molecule has 0 unspecified atom stereocenters. The Kier molecular flexibility index (Phi) is 4.57. The van der Waals surface area contributed by atoms with Crippen LogP contribution in [0, 0.1) is 19.8 Å². The normalized spacial score (nSPS) is 17.4. The third-order valence-corrected chi connectivity index (χ3v) is 4.31. The minimum atomic E-state index is 0.325. The zero-order valence-corrected chi connectivity index (χ0v) is 11.7. The number of carbonyl (C=O) groups excluding carboxylic acids is 1. The van der Waals surface area contributed by atoms with Crippen LogP contribution in [0.25, 0.3) is 0 Å². The highest BCUT2D eigenvalue weighted by atomic mass is 16.1. The molecule has 0 heterocycles. The highest BCUT2D eigenvalue weighted by Gasteiger charge is 2.21. The van der Waals surface area contributed by atoms with E-state index in [4.69, 9.17) is 0 Å². The van der Waals surface area contributed by atoms with Gasteiger partial charge in [0, 0.05) is 12.3 Å². The van der Waals surface area contributed by atoms with Crippen molar-refractivity contribution in [3.63, 3.8) is 0 Å². The molecule has 0 amide bonds. The Hall–Kier alpha value is -1.11. The smallest absolute Gasteiger partial charge is 0.140 e. The van der Waals surface area contributed by atoms with Gasteiger partial charge >= 0.3 is 0 Å². The van der Waals surface area contributed by atoms with Crippen LogP contribution in [-0.2, 0) is 11.2 Å². The third-order valence-electron chi connectivity index (χ3n) is 4.31. The van der Waals surface area contributed by atoms with Crippen molar-refractivity contribution in [3.05, 3.63) is 34.9 Å². The number of hydrogen-bond donors (Lipinski definition) is 0. The molecule has 0 atom stereocenters. The van der Waals surface area contributed by atoms with E-state index < -0.39 is 0 Å². The lowest BCUT2D eigenvalue weighted by Crippen LogP contribution is -2.17. The van der Waals surface area contributed by atoms with Crippen LogP contribution in [0.15, 0.2) is 18.2 Å². The van der Waals surface area contributed by atoms with Gasteiger partial charge in [-0.05, 0) is 43.4 Å². The SMILES string of the molecule is Cc1cccc(C)c1CC(=O)C1CCCCCC1. The Bertz CT molecular complexity index is 391. The zero-order valence-electron chi connectivity index (χ0n) is 11.7. The topological polar surface area (TPSA) is 17.1 Å². The molecule has 0 saturated heterocycles. The van der Waals surface area contributed by atoms with Gasteiger partial charge in [0.2, 0.25) is 0 Å². The molecule has 1 aromatic rings. The Morgan fingerprint density at radius 2 is 1.61 bits per heavy atom. The summed E-state index contributed by atoms with van der Waals surface area (Å²) in [5.41, 5.74) is 3.78. The summed E-state index contributed by atoms with van der Waals surface area (Å²) in [5.74, 6) is 0.792. The molecule has 18 heavy (non-hydrogen) atoms. The van der Waals surface area contributed by atoms with E-state index in [1.54, 1.807) is 0 Å². The number of rotatable bonds is 3. The molecule has 0 bridgehead atoms. The Labute approximate surface area is 111 Å². The molecule has 98 valence electrons. The van der Waals surface area contributed by atoms with Crippen LogP contribution in [0.2, 0.25) is 0 Å². The lowest BCUT2D eigenvalue weighted by molar-refractivity contribution is -0.122. The molecule has 1 aromatic carbocycles. The van der Waals surface area contributed by atoms with Crippen molar-refractivity contribution >= 4 is 5.78 Å². The first-order chi connectivity index (χ1) is 8.68. The monoisotopic (exact) mass is 244 g/mol. The van der Waals surface area contributed by atoms with Gasteiger partial charge < -0.3 is 0 Å². The minimum absolute atomic E-state index is 0.325. The summed E-state index contributed by atoms with van der Waals surface area (Å²) < 4.78 is 0. The molecular weight excluding hydrogens is 220 g/mol. The van der Waals surface area contributed by atoms with Crippen LogP contribution >= 0.6 is 0 Å². The maximum Gasteiger partial charge on any atom is 0.140 e. The molecule has 0 N–H and O–H groups in total. The second-order valence-corrected chi connectivity index (χ2v) is 5.70. The number of ketones is 1. The van der Waals surface area contributed by atoms with Crippen LogP contribution < -0.4 is 0 Å². The number of aryl methyl sites for hydroxylation is 2. The van der Waals surface area contributed by atoms with Crippen molar-refractivity contribution in [2.75, 3.05) is 0 Å². The van der Waals surface area contributed by atoms with Crippen molar-refractivity contribution in [1.29, 1.82) is 0 Å². The van der Waals surface area contributed by atoms with Crippen LogP contribution in [0.3, 0.4) is 0 Å². The molecule has 0 aliphatic heterocycles. The van der Waals surface area contributed by atoms with E-state index in [0.717, 1.165) is 12.8 Å². The quantitative estimate of drug-likeness (QED) is 0.721. The summed E-state index contributed by atoms with van der Waals surface area (Å²) in [7, 11) is 0. The van der Waals surface area contributed by atoms with E-state index in [1.807, 2.05) is 0 Å². The number of carbonyl (C=O) groups is 1. The standard InChI is InChI=1S/C17H24O/c1-13-8-7-9-14(2)16(13)12-17(18)15-10-5-3-4-6-11-15/h7-9,15H,3-6,10-12H2,1-2H3. The molecule has 1 aliphatic carbocycles. The maximum absolute atomic E-state index is 12.4. The molecule has 0 aromatic heterocycles. The first-order valence-electron chi connectivity index (χ1n) is 7.26. The van der Waals surface area contributed by atoms with Crippen molar-refractivity contribution in [1.82, 2.24) is 0 Å². The molecule has 1 fully saturated rings. The molecule has 1 nitrogen and oxygen atoms in total. The van der Waals surface area contributed by atoms with Gasteiger partial charge in [-0.25, -0.2) is 0 Å². The summed E-state index contributed by atoms with van der Waals surface area (Å²) in [6, 6.07) is 6.30. The van der Waals surface area contributed by atoms with Crippen LogP contribution in [0.1, 0.15) is 55.2 Å². The highest BCUT2D eigenvalue weighted by Crippen LogP contribution is 2.25. The van der Waals surface area contributed by atoms with Gasteiger partial charge in [0.05, 0.1) is 0 Å². The van der Waals surface area contributed by atoms with E-state index in [0.29, 0.717) is 18.1 Å². The summed E-state index contributed by atoms with van der Waals surface area (Å²) >= 11 is 0. The van der Waals surface area contributed by atoms with Gasteiger partial charge in [-0.3, -0.25) is 4.79 Å². The summed E-state index contributed by atoms with van der Waals surface area (Å²) in [6.45, 7) is 4.23. The van der Waals surface area contributed by atoms with Crippen LogP contribution in [-0.4, -0.2) is 5.78 Å². The minimum Gasteiger partial charge on any atom is -0.299 e. The van der Waals surface area contributed by atoms with Crippen LogP contribution in [0.5, 0.6) is 0 Å². The summed E-state index contributed by atoms with van der Waals surface area (Å²) in [4.78, 5) is 12.4. The van der Waals surface area contributed by atoms with E-state index >= 15 is 0 Å². The highest BCUT2D eigenvalue weighted by molar-refractivity contribution is 5.83. The van der Waals surface area contributed by atoms with Crippen LogP contribution in [0.4, 0.5) is 0 Å². The van der Waals surface area contributed by atoms with Crippen molar-refractivity contribution in [2.24, 2.45) is 5.92 Å². The van der Waals surface area contributed by atoms with E-state index in [1.165, 1.54) is 42.4 Å². The number of hydrogen-bond acceptors (Lipinski definition) is 1. The van der Waals surface area contributed by atoms with E-state index in [-0.39, 0.29) is 0 Å². The fourth-order valence-corrected chi connectivity index (χ4v) is 3.05. The van der Waals surface area contributed by atoms with Crippen molar-refractivity contribution < 1.29 is 4.79 Å². The lowest BCUT2D eigenvalue weighted by Gasteiger charge is -2.15. The first kappa shape index (κ1) is 13.3. The fourth-order valence-electron chi connectivity index (χ4n) is 3.05. The molecule has 0 spiro atoms. The Balaban J connectivity index is 2.06. The second kappa shape index (κ2) is 6.17. The van der Waals surface area contributed by atoms with Gasteiger partial charge in [0.1, 0.15) is 5.78 Å². The van der Waals surface area contributed by atoms with E-state index in [2.05, 4.69) is 32.0 Å². The second-order valence-electron chi connectivity index (χ2n) is 5.70. The average molecular weight is 244 g/mol. The average Bonchev–Trinajstić information content (AvgIpc) is 2.62. The maximum atomic E-state index is 12.4. The largest absolute Gasteiger partial charge is 0.299 e. The summed E-state index contributed by atoms with van der Waals surface area (Å²) in [6.07, 6.45) is 7.98. The zero-order chi connectivity index (χ0) is 13.0. The van der Waals surface area contributed by atoms with Gasteiger partial charge in [0.25, 0.3) is 0 Å². The van der Waals surface area contributed by atoms with Gasteiger partial charge in [-0.2, -0.15) is 0 Å². The summed E-state index contributed by atoms with van der Waals surface area (Å²) in [5, 5.41) is 0.